The number of nitrogens with zero attached hydrogens (tertiary/aromatic N) is 1. The molecule has 2 fully saturated rings. The first-order valence-electron chi connectivity index (χ1n) is 4.59. The highest BCUT2D eigenvalue weighted by atomic mass is 16.7. The van der Waals surface area contributed by atoms with E-state index in [1.807, 2.05) is 0 Å². The first kappa shape index (κ1) is 8.93. The van der Waals surface area contributed by atoms with Crippen LogP contribution < -0.4 is 5.32 Å². The lowest BCUT2D eigenvalue weighted by Gasteiger charge is -2.12. The fraction of sp³-hybridized carbons (Fsp3) is 0.875. The smallest absolute Gasteiger partial charge is 0.236 e. The van der Waals surface area contributed by atoms with Crippen LogP contribution in [-0.4, -0.2) is 47.9 Å². The predicted molar refractivity (Wildman–Crippen MR) is 44.7 cm³/mol. The molecule has 0 radical (unpaired) electrons. The summed E-state index contributed by atoms with van der Waals surface area (Å²) in [5.74, 6) is -0.0170. The van der Waals surface area contributed by atoms with Gasteiger partial charge in [0.25, 0.3) is 0 Å². The minimum atomic E-state index is -0.450. The van der Waals surface area contributed by atoms with Gasteiger partial charge in [-0.05, 0) is 12.8 Å². The van der Waals surface area contributed by atoms with Gasteiger partial charge in [-0.2, -0.15) is 5.06 Å². The number of nitrogens with one attached hydrogen (secondary N) is 1. The monoisotopic (exact) mass is 186 g/mol. The third-order valence-electron chi connectivity index (χ3n) is 2.13. The molecule has 1 aliphatic carbocycles. The molecule has 13 heavy (non-hydrogen) atoms. The topological polar surface area (TPSA) is 61.8 Å². The maximum atomic E-state index is 11.2. The van der Waals surface area contributed by atoms with Crippen LogP contribution in [0.15, 0.2) is 0 Å². The molecule has 1 atom stereocenters. The van der Waals surface area contributed by atoms with Gasteiger partial charge < -0.3 is 10.4 Å². The summed E-state index contributed by atoms with van der Waals surface area (Å²) in [7, 11) is 0. The van der Waals surface area contributed by atoms with Crippen molar-refractivity contribution in [2.45, 2.75) is 25.0 Å². The highest BCUT2D eigenvalue weighted by Gasteiger charge is 2.27. The lowest BCUT2D eigenvalue weighted by atomic mass is 10.4. The van der Waals surface area contributed by atoms with E-state index >= 15 is 0 Å². The van der Waals surface area contributed by atoms with E-state index in [1.54, 1.807) is 0 Å². The number of carbonyl (C=O) groups excluding carboxylic acids is 1. The van der Waals surface area contributed by atoms with Crippen LogP contribution in [0.5, 0.6) is 0 Å². The molecule has 1 heterocycles. The van der Waals surface area contributed by atoms with E-state index in [-0.39, 0.29) is 12.5 Å². The number of hydrogen-bond donors (Lipinski definition) is 2. The summed E-state index contributed by atoms with van der Waals surface area (Å²) in [5, 5.41) is 13.5. The Morgan fingerprint density at radius 2 is 2.38 bits per heavy atom. The lowest BCUT2D eigenvalue weighted by Crippen LogP contribution is -2.36. The highest BCUT2D eigenvalue weighted by molar-refractivity contribution is 5.78. The SMILES string of the molecule is O=C(CN1C[C@@H](O)CO1)NC1CC1. The van der Waals surface area contributed by atoms with Gasteiger partial charge in [-0.3, -0.25) is 9.63 Å². The van der Waals surface area contributed by atoms with E-state index in [4.69, 9.17) is 9.94 Å². The largest absolute Gasteiger partial charge is 0.389 e. The number of hydroxylamine groups is 2. The highest BCUT2D eigenvalue weighted by Crippen LogP contribution is 2.18. The average molecular weight is 186 g/mol. The van der Waals surface area contributed by atoms with E-state index in [0.29, 0.717) is 19.2 Å². The van der Waals surface area contributed by atoms with Crippen molar-refractivity contribution in [2.75, 3.05) is 19.7 Å². The second-order valence-corrected chi connectivity index (χ2v) is 3.61. The molecule has 74 valence electrons. The molecule has 0 aromatic heterocycles. The zero-order chi connectivity index (χ0) is 9.26. The molecule has 0 aromatic rings. The Labute approximate surface area is 76.6 Å². The Hall–Kier alpha value is -0.650. The second kappa shape index (κ2) is 3.61. The predicted octanol–water partition coefficient (Wildman–Crippen LogP) is -1.13. The molecule has 0 aromatic carbocycles. The molecule has 1 amide bonds. The van der Waals surface area contributed by atoms with Crippen LogP contribution in [0.4, 0.5) is 0 Å². The van der Waals surface area contributed by atoms with E-state index in [0.717, 1.165) is 12.8 Å². The standard InChI is InChI=1S/C8H14N2O3/c11-7-3-10(13-5-7)4-8(12)9-6-1-2-6/h6-7,11H,1-5H2,(H,9,12)/t7-/m1/s1. The van der Waals surface area contributed by atoms with Gasteiger partial charge >= 0.3 is 0 Å². The van der Waals surface area contributed by atoms with Gasteiger partial charge in [0.2, 0.25) is 5.91 Å². The van der Waals surface area contributed by atoms with Crippen molar-refractivity contribution in [3.05, 3.63) is 0 Å². The van der Waals surface area contributed by atoms with Gasteiger partial charge in [0.15, 0.2) is 0 Å². The van der Waals surface area contributed by atoms with E-state index in [2.05, 4.69) is 5.32 Å². The van der Waals surface area contributed by atoms with Crippen molar-refractivity contribution in [2.24, 2.45) is 0 Å². The maximum absolute atomic E-state index is 11.2. The van der Waals surface area contributed by atoms with Crippen LogP contribution in [-0.2, 0) is 9.63 Å². The molecule has 5 nitrogen and oxygen atoms in total. The van der Waals surface area contributed by atoms with E-state index in [1.165, 1.54) is 5.06 Å². The Morgan fingerprint density at radius 1 is 1.62 bits per heavy atom. The van der Waals surface area contributed by atoms with Crippen molar-refractivity contribution in [1.82, 2.24) is 10.4 Å². The van der Waals surface area contributed by atoms with Gasteiger partial charge in [0.1, 0.15) is 6.54 Å². The molecule has 5 heteroatoms. The third kappa shape index (κ3) is 2.65. The fourth-order valence-corrected chi connectivity index (χ4v) is 1.30. The number of hydrogen-bond acceptors (Lipinski definition) is 4. The minimum absolute atomic E-state index is 0.0170. The quantitative estimate of drug-likeness (QED) is 0.585. The van der Waals surface area contributed by atoms with Crippen molar-refractivity contribution < 1.29 is 14.7 Å². The van der Waals surface area contributed by atoms with Gasteiger partial charge in [-0.25, -0.2) is 0 Å². The minimum Gasteiger partial charge on any atom is -0.389 e. The molecule has 2 rings (SSSR count). The van der Waals surface area contributed by atoms with Crippen molar-refractivity contribution >= 4 is 5.91 Å². The second-order valence-electron chi connectivity index (χ2n) is 3.61. The zero-order valence-electron chi connectivity index (χ0n) is 7.40. The van der Waals surface area contributed by atoms with Crippen LogP contribution in [0, 0.1) is 0 Å². The molecule has 1 saturated carbocycles. The summed E-state index contributed by atoms with van der Waals surface area (Å²) in [6.45, 7) is 0.961. The zero-order valence-corrected chi connectivity index (χ0v) is 7.40. The number of rotatable bonds is 3. The maximum Gasteiger partial charge on any atom is 0.236 e. The molecular weight excluding hydrogens is 172 g/mol. The molecule has 0 bridgehead atoms. The number of β-amino-alcohol motifs (C(OH)–C–C–N with tert-alkyl or cyclic N) is 1. The Morgan fingerprint density at radius 3 is 2.92 bits per heavy atom. The number of aliphatic hydroxyl groups is 1. The summed E-state index contributed by atoms with van der Waals surface area (Å²) in [4.78, 5) is 16.3. The fourth-order valence-electron chi connectivity index (χ4n) is 1.30. The molecule has 1 aliphatic heterocycles. The number of carbonyl (C=O) groups is 1. The third-order valence-corrected chi connectivity index (χ3v) is 2.13. The summed E-state index contributed by atoms with van der Waals surface area (Å²) < 4.78 is 0. The Kier molecular flexibility index (Phi) is 2.48. The first-order valence-corrected chi connectivity index (χ1v) is 4.59. The number of amides is 1. The first-order chi connectivity index (χ1) is 6.24. The molecule has 2 N–H and O–H groups in total. The van der Waals surface area contributed by atoms with Crippen LogP contribution in [0.1, 0.15) is 12.8 Å². The van der Waals surface area contributed by atoms with Crippen LogP contribution >= 0.6 is 0 Å². The van der Waals surface area contributed by atoms with Crippen LogP contribution in [0.25, 0.3) is 0 Å². The van der Waals surface area contributed by atoms with Crippen LogP contribution in [0.2, 0.25) is 0 Å². The van der Waals surface area contributed by atoms with Crippen molar-refractivity contribution in [1.29, 1.82) is 0 Å². The lowest BCUT2D eigenvalue weighted by molar-refractivity contribution is -0.142. The number of aliphatic hydroxyl groups excluding tert-OH is 1. The van der Waals surface area contributed by atoms with Gasteiger partial charge in [0.05, 0.1) is 19.3 Å². The van der Waals surface area contributed by atoms with Gasteiger partial charge in [-0.15, -0.1) is 0 Å². The molecule has 2 aliphatic rings. The Balaban J connectivity index is 1.67. The summed E-state index contributed by atoms with van der Waals surface area (Å²) in [5.41, 5.74) is 0. The van der Waals surface area contributed by atoms with Crippen molar-refractivity contribution in [3.8, 4) is 0 Å². The molecule has 1 saturated heterocycles. The van der Waals surface area contributed by atoms with Crippen molar-refractivity contribution in [3.63, 3.8) is 0 Å². The van der Waals surface area contributed by atoms with Gasteiger partial charge in [0, 0.05) is 6.04 Å². The molecular formula is C8H14N2O3. The average Bonchev–Trinajstić information content (AvgIpc) is 2.76. The summed E-state index contributed by atoms with van der Waals surface area (Å²) in [6.07, 6.45) is 1.73. The normalized spacial score (nSPS) is 29.2. The molecule has 0 spiro atoms. The van der Waals surface area contributed by atoms with E-state index < -0.39 is 6.10 Å². The van der Waals surface area contributed by atoms with Gasteiger partial charge in [-0.1, -0.05) is 0 Å². The summed E-state index contributed by atoms with van der Waals surface area (Å²) >= 11 is 0. The Bertz CT molecular complexity index is 206. The van der Waals surface area contributed by atoms with E-state index in [9.17, 15) is 4.79 Å². The molecule has 0 unspecified atom stereocenters. The van der Waals surface area contributed by atoms with Crippen LogP contribution in [0.3, 0.4) is 0 Å². The summed E-state index contributed by atoms with van der Waals surface area (Å²) in [6, 6.07) is 0.389.